The summed E-state index contributed by atoms with van der Waals surface area (Å²) in [5, 5.41) is 11.1. The second-order valence-electron chi connectivity index (χ2n) is 10.4. The number of nitrogens with zero attached hydrogens (tertiary/aromatic N) is 7. The number of nitro benzene ring substituents is 1. The maximum atomic E-state index is 13.7. The number of pyridine rings is 1. The zero-order valence-corrected chi connectivity index (χ0v) is 21.7. The largest absolute Gasteiger partial charge is 0.455 e. The lowest BCUT2D eigenvalue weighted by molar-refractivity contribution is -0.384. The van der Waals surface area contributed by atoms with E-state index in [-0.39, 0.29) is 17.4 Å². The van der Waals surface area contributed by atoms with Gasteiger partial charge in [-0.15, -0.1) is 0 Å². The van der Waals surface area contributed by atoms with Gasteiger partial charge in [-0.1, -0.05) is 0 Å². The summed E-state index contributed by atoms with van der Waals surface area (Å²) < 4.78 is 10.5. The van der Waals surface area contributed by atoms with Crippen molar-refractivity contribution in [2.24, 2.45) is 7.05 Å². The van der Waals surface area contributed by atoms with Crippen molar-refractivity contribution in [3.8, 4) is 5.69 Å². The van der Waals surface area contributed by atoms with Crippen LogP contribution in [0.3, 0.4) is 0 Å². The molecule has 0 N–H and O–H groups in total. The second kappa shape index (κ2) is 9.53. The van der Waals surface area contributed by atoms with Crippen molar-refractivity contribution >= 4 is 22.8 Å². The topological polar surface area (TPSA) is 130 Å². The number of carbonyl (C=O) groups excluding carboxylic acids is 1. The van der Waals surface area contributed by atoms with E-state index in [2.05, 4.69) is 14.9 Å². The van der Waals surface area contributed by atoms with E-state index in [4.69, 9.17) is 4.74 Å². The fourth-order valence-electron chi connectivity index (χ4n) is 4.83. The molecule has 1 aliphatic heterocycles. The van der Waals surface area contributed by atoms with Gasteiger partial charge in [-0.2, -0.15) is 0 Å². The van der Waals surface area contributed by atoms with Gasteiger partial charge in [0.15, 0.2) is 5.65 Å². The Morgan fingerprint density at radius 1 is 1.18 bits per heavy atom. The summed E-state index contributed by atoms with van der Waals surface area (Å²) in [4.78, 5) is 47.9. The maximum Gasteiger partial charge on any atom is 0.357 e. The number of non-ortho nitro benzene ring substituents is 1. The molecule has 1 atom stereocenters. The van der Waals surface area contributed by atoms with Crippen molar-refractivity contribution in [2.75, 3.05) is 13.1 Å². The summed E-state index contributed by atoms with van der Waals surface area (Å²) in [5.41, 5.74) is 1.23. The third-order valence-corrected chi connectivity index (χ3v) is 6.62. The third-order valence-electron chi connectivity index (χ3n) is 6.62. The Morgan fingerprint density at radius 2 is 1.92 bits per heavy atom. The van der Waals surface area contributed by atoms with Gasteiger partial charge in [-0.05, 0) is 51.5 Å². The highest BCUT2D eigenvalue weighted by Gasteiger charge is 2.30. The van der Waals surface area contributed by atoms with Gasteiger partial charge in [0.2, 0.25) is 0 Å². The molecular formula is C26H29N7O5. The Kier molecular flexibility index (Phi) is 6.35. The molecule has 0 radical (unpaired) electrons. The fraction of sp³-hybridized carbons (Fsp3) is 0.385. The van der Waals surface area contributed by atoms with Crippen molar-refractivity contribution in [3.05, 3.63) is 80.9 Å². The highest BCUT2D eigenvalue weighted by molar-refractivity contribution is 5.87. The number of rotatable bonds is 6. The molecule has 3 aromatic heterocycles. The number of likely N-dealkylation sites (tertiary alicyclic amines) is 1. The number of imidazole rings is 2. The molecule has 1 fully saturated rings. The Morgan fingerprint density at radius 3 is 2.61 bits per heavy atom. The molecule has 4 aromatic rings. The average Bonchev–Trinajstić information content (AvgIpc) is 3.54. The molecule has 0 amide bonds. The molecule has 0 unspecified atom stereocenters. The van der Waals surface area contributed by atoms with Crippen LogP contribution in [-0.2, 0) is 18.3 Å². The molecule has 0 spiro atoms. The van der Waals surface area contributed by atoms with Crippen LogP contribution in [0.1, 0.15) is 49.5 Å². The second-order valence-corrected chi connectivity index (χ2v) is 10.4. The monoisotopic (exact) mass is 519 g/mol. The van der Waals surface area contributed by atoms with Gasteiger partial charge in [-0.3, -0.25) is 24.1 Å². The number of benzene rings is 1. The predicted molar refractivity (Wildman–Crippen MR) is 139 cm³/mol. The number of esters is 1. The van der Waals surface area contributed by atoms with E-state index in [9.17, 15) is 19.7 Å². The molecule has 5 rings (SSSR count). The number of ether oxygens (including phenoxy) is 1. The Balaban J connectivity index is 1.40. The number of aromatic nitrogens is 5. The molecule has 1 aromatic carbocycles. The van der Waals surface area contributed by atoms with Crippen molar-refractivity contribution in [3.63, 3.8) is 0 Å². The van der Waals surface area contributed by atoms with E-state index in [1.54, 1.807) is 45.1 Å². The number of carbonyl (C=O) groups is 1. The Labute approximate surface area is 218 Å². The highest BCUT2D eigenvalue weighted by Crippen LogP contribution is 2.27. The first-order chi connectivity index (χ1) is 18.0. The summed E-state index contributed by atoms with van der Waals surface area (Å²) >= 11 is 0. The normalized spacial score (nSPS) is 16.3. The molecule has 0 aliphatic carbocycles. The molecule has 1 aliphatic rings. The van der Waals surface area contributed by atoms with E-state index in [1.165, 1.54) is 18.3 Å². The highest BCUT2D eigenvalue weighted by atomic mass is 16.6. The number of nitro groups is 1. The van der Waals surface area contributed by atoms with E-state index in [0.717, 1.165) is 18.8 Å². The Hall–Kier alpha value is -4.32. The minimum absolute atomic E-state index is 0.0424. The van der Waals surface area contributed by atoms with Gasteiger partial charge < -0.3 is 9.30 Å². The molecule has 38 heavy (non-hydrogen) atoms. The number of fused-ring (bicyclic) bond motifs is 1. The van der Waals surface area contributed by atoms with E-state index in [0.29, 0.717) is 35.6 Å². The van der Waals surface area contributed by atoms with Crippen LogP contribution in [0.25, 0.3) is 16.9 Å². The van der Waals surface area contributed by atoms with E-state index >= 15 is 0 Å². The van der Waals surface area contributed by atoms with Crippen LogP contribution in [0.2, 0.25) is 0 Å². The maximum absolute atomic E-state index is 13.7. The molecule has 12 nitrogen and oxygen atoms in total. The zero-order chi connectivity index (χ0) is 27.2. The summed E-state index contributed by atoms with van der Waals surface area (Å²) in [7, 11) is 1.79. The van der Waals surface area contributed by atoms with Crippen molar-refractivity contribution in [1.29, 1.82) is 0 Å². The van der Waals surface area contributed by atoms with Gasteiger partial charge in [0.1, 0.15) is 17.1 Å². The van der Waals surface area contributed by atoms with Crippen LogP contribution in [-0.4, -0.2) is 58.2 Å². The van der Waals surface area contributed by atoms with Crippen LogP contribution in [0.4, 0.5) is 5.69 Å². The van der Waals surface area contributed by atoms with Gasteiger partial charge in [-0.25, -0.2) is 19.6 Å². The van der Waals surface area contributed by atoms with Crippen molar-refractivity contribution < 1.29 is 14.5 Å². The minimum Gasteiger partial charge on any atom is -0.455 e. The van der Waals surface area contributed by atoms with Crippen molar-refractivity contribution in [1.82, 2.24) is 28.6 Å². The summed E-state index contributed by atoms with van der Waals surface area (Å²) in [5.74, 6) is 0.306. The molecular weight excluding hydrogens is 490 g/mol. The molecule has 0 bridgehead atoms. The number of hydrogen-bond donors (Lipinski definition) is 0. The van der Waals surface area contributed by atoms with Gasteiger partial charge in [0.05, 0.1) is 34.9 Å². The zero-order valence-electron chi connectivity index (χ0n) is 21.7. The lowest BCUT2D eigenvalue weighted by Gasteiger charge is -2.20. The fourth-order valence-corrected chi connectivity index (χ4v) is 4.83. The molecule has 198 valence electrons. The lowest BCUT2D eigenvalue weighted by atomic mass is 10.2. The first-order valence-corrected chi connectivity index (χ1v) is 12.3. The molecule has 0 saturated carbocycles. The first-order valence-electron chi connectivity index (χ1n) is 12.3. The van der Waals surface area contributed by atoms with Crippen LogP contribution in [0.5, 0.6) is 0 Å². The number of hydrogen-bond acceptors (Lipinski definition) is 8. The van der Waals surface area contributed by atoms with E-state index < -0.39 is 16.5 Å². The molecule has 12 heteroatoms. The van der Waals surface area contributed by atoms with Crippen LogP contribution in [0.15, 0.2) is 53.6 Å². The minimum atomic E-state index is -0.599. The first kappa shape index (κ1) is 25.3. The van der Waals surface area contributed by atoms with Gasteiger partial charge in [0.25, 0.3) is 5.69 Å². The van der Waals surface area contributed by atoms with E-state index in [1.807, 2.05) is 26.8 Å². The third kappa shape index (κ3) is 4.70. The average molecular weight is 520 g/mol. The van der Waals surface area contributed by atoms with Crippen LogP contribution < -0.4 is 5.69 Å². The summed E-state index contributed by atoms with van der Waals surface area (Å²) in [6, 6.07) is 9.37. The van der Waals surface area contributed by atoms with Gasteiger partial charge >= 0.3 is 11.7 Å². The summed E-state index contributed by atoms with van der Waals surface area (Å²) in [6.45, 7) is 7.32. The standard InChI is InChI=1S/C26H29N7O5/c1-26(2,3)38-24(34)21-14-28-22(29(21)4)16-30-13-11-19(15-30)32-23-20(6-5-12-27-23)31(25(32)35)17-7-9-18(10-8-17)33(36)37/h5-10,12,14,19H,11,13,15-16H2,1-4H3/t19-/m0/s1. The van der Waals surface area contributed by atoms with Crippen molar-refractivity contribution in [2.45, 2.75) is 45.4 Å². The lowest BCUT2D eigenvalue weighted by Crippen LogP contribution is -2.29. The molecule has 1 saturated heterocycles. The van der Waals surface area contributed by atoms with Crippen LogP contribution >= 0.6 is 0 Å². The smallest absolute Gasteiger partial charge is 0.357 e. The Bertz CT molecular complexity index is 1580. The predicted octanol–water partition coefficient (Wildman–Crippen LogP) is 3.23. The molecule has 4 heterocycles. The SMILES string of the molecule is Cn1c(C(=O)OC(C)(C)C)cnc1CN1CC[C@H](n2c(=O)n(-c3ccc([N+](=O)[O-])cc3)c3cccnc32)C1. The van der Waals surface area contributed by atoms with Gasteiger partial charge in [0, 0.05) is 38.5 Å². The summed E-state index contributed by atoms with van der Waals surface area (Å²) in [6.07, 6.45) is 3.92. The van der Waals surface area contributed by atoms with Crippen LogP contribution in [0, 0.1) is 10.1 Å². The quantitative estimate of drug-likeness (QED) is 0.216.